The van der Waals surface area contributed by atoms with Crippen molar-refractivity contribution in [2.75, 3.05) is 10.6 Å². The third-order valence-electron chi connectivity index (χ3n) is 3.27. The fourth-order valence-corrected chi connectivity index (χ4v) is 2.04. The molecule has 0 aliphatic heterocycles. The summed E-state index contributed by atoms with van der Waals surface area (Å²) in [6, 6.07) is 14.1. The van der Waals surface area contributed by atoms with E-state index in [4.69, 9.17) is 5.26 Å². The molecule has 0 aliphatic carbocycles. The average molecular weight is 307 g/mol. The van der Waals surface area contributed by atoms with E-state index in [0.29, 0.717) is 11.4 Å². The number of rotatable bonds is 4. The second kappa shape index (κ2) is 7.14. The van der Waals surface area contributed by atoms with E-state index in [-0.39, 0.29) is 11.3 Å². The molecule has 23 heavy (non-hydrogen) atoms. The Morgan fingerprint density at radius 3 is 2.57 bits per heavy atom. The maximum absolute atomic E-state index is 12.2. The van der Waals surface area contributed by atoms with Gasteiger partial charge in [-0.05, 0) is 37.6 Å². The quantitative estimate of drug-likeness (QED) is 0.459. The van der Waals surface area contributed by atoms with Gasteiger partial charge in [-0.3, -0.25) is 4.79 Å². The number of anilines is 2. The Kier molecular flexibility index (Phi) is 5.00. The van der Waals surface area contributed by atoms with Gasteiger partial charge in [-0.15, -0.1) is 0 Å². The van der Waals surface area contributed by atoms with Crippen LogP contribution in [0.2, 0.25) is 0 Å². The lowest BCUT2D eigenvalue weighted by Gasteiger charge is -2.09. The van der Waals surface area contributed by atoms with Gasteiger partial charge in [-0.25, -0.2) is 0 Å². The van der Waals surface area contributed by atoms with E-state index in [9.17, 15) is 9.90 Å². The van der Waals surface area contributed by atoms with Crippen molar-refractivity contribution in [3.63, 3.8) is 0 Å². The molecule has 5 nitrogen and oxygen atoms in total. The Labute approximate surface area is 134 Å². The van der Waals surface area contributed by atoms with Crippen molar-refractivity contribution >= 4 is 17.3 Å². The zero-order chi connectivity index (χ0) is 16.8. The normalized spacial score (nSPS) is 10.7. The van der Waals surface area contributed by atoms with Crippen molar-refractivity contribution in [2.45, 2.75) is 13.8 Å². The molecule has 116 valence electrons. The topological polar surface area (TPSA) is 85.2 Å². The van der Waals surface area contributed by atoms with Crippen molar-refractivity contribution < 1.29 is 9.90 Å². The summed E-state index contributed by atoms with van der Waals surface area (Å²) < 4.78 is 0. The van der Waals surface area contributed by atoms with Gasteiger partial charge in [-0.1, -0.05) is 29.8 Å². The predicted octanol–water partition coefficient (Wildman–Crippen LogP) is 3.47. The molecule has 2 rings (SSSR count). The summed E-state index contributed by atoms with van der Waals surface area (Å²) in [6.07, 6.45) is 1.27. The fourth-order valence-electron chi connectivity index (χ4n) is 2.04. The number of phenols is 1. The summed E-state index contributed by atoms with van der Waals surface area (Å²) in [5, 5.41) is 24.3. The smallest absolute Gasteiger partial charge is 0.267 e. The molecule has 0 saturated carbocycles. The van der Waals surface area contributed by atoms with Crippen molar-refractivity contribution in [2.24, 2.45) is 0 Å². The van der Waals surface area contributed by atoms with Gasteiger partial charge in [-0.2, -0.15) is 5.26 Å². The van der Waals surface area contributed by atoms with Crippen molar-refractivity contribution in [3.8, 4) is 11.8 Å². The Morgan fingerprint density at radius 1 is 1.17 bits per heavy atom. The highest BCUT2D eigenvalue weighted by Gasteiger charge is 2.11. The summed E-state index contributed by atoms with van der Waals surface area (Å²) in [4.78, 5) is 12.2. The summed E-state index contributed by atoms with van der Waals surface area (Å²) >= 11 is 0. The van der Waals surface area contributed by atoms with Crippen LogP contribution in [0.4, 0.5) is 11.4 Å². The Balaban J connectivity index is 2.14. The highest BCUT2D eigenvalue weighted by atomic mass is 16.3. The highest BCUT2D eigenvalue weighted by Crippen LogP contribution is 2.22. The molecule has 0 aliphatic rings. The number of aromatic hydroxyl groups is 1. The molecule has 0 radical (unpaired) electrons. The number of benzene rings is 2. The number of para-hydroxylation sites is 2. The first-order valence-electron chi connectivity index (χ1n) is 7.04. The number of hydrogen-bond acceptors (Lipinski definition) is 4. The van der Waals surface area contributed by atoms with Gasteiger partial charge in [0.2, 0.25) is 0 Å². The number of nitriles is 1. The molecule has 0 atom stereocenters. The molecular formula is C18H17N3O2. The summed E-state index contributed by atoms with van der Waals surface area (Å²) in [7, 11) is 0. The van der Waals surface area contributed by atoms with Gasteiger partial charge in [0.1, 0.15) is 17.4 Å². The summed E-state index contributed by atoms with van der Waals surface area (Å²) in [5.41, 5.74) is 3.00. The first kappa shape index (κ1) is 16.1. The maximum Gasteiger partial charge on any atom is 0.267 e. The first-order valence-corrected chi connectivity index (χ1v) is 7.04. The lowest BCUT2D eigenvalue weighted by Crippen LogP contribution is -2.15. The molecule has 0 fully saturated rings. The zero-order valence-corrected chi connectivity index (χ0v) is 12.9. The molecule has 0 bridgehead atoms. The van der Waals surface area contributed by atoms with Crippen LogP contribution in [0, 0.1) is 25.2 Å². The van der Waals surface area contributed by atoms with E-state index in [2.05, 4.69) is 10.6 Å². The second-order valence-corrected chi connectivity index (χ2v) is 5.10. The molecule has 0 aromatic heterocycles. The lowest BCUT2D eigenvalue weighted by atomic mass is 10.1. The third kappa shape index (κ3) is 4.11. The number of carbonyl (C=O) groups excluding carboxylic acids is 1. The van der Waals surface area contributed by atoms with Gasteiger partial charge in [0, 0.05) is 11.9 Å². The minimum absolute atomic E-state index is 0.0378. The van der Waals surface area contributed by atoms with Crippen LogP contribution in [0.5, 0.6) is 5.75 Å². The fraction of sp³-hybridized carbons (Fsp3) is 0.111. The van der Waals surface area contributed by atoms with Gasteiger partial charge >= 0.3 is 0 Å². The lowest BCUT2D eigenvalue weighted by molar-refractivity contribution is -0.112. The third-order valence-corrected chi connectivity index (χ3v) is 3.27. The number of nitrogens with one attached hydrogen (secondary N) is 2. The highest BCUT2D eigenvalue weighted by molar-refractivity contribution is 6.07. The standard InChI is InChI=1S/C18H17N3O2/c1-12-7-8-15(13(2)9-12)21-18(23)14(10-19)11-20-16-5-3-4-6-17(16)22/h3-9,11,20,22H,1-2H3,(H,21,23)/b14-11-. The van der Waals surface area contributed by atoms with E-state index >= 15 is 0 Å². The van der Waals surface area contributed by atoms with Crippen LogP contribution in [0.15, 0.2) is 54.2 Å². The minimum atomic E-state index is -0.512. The molecule has 2 aromatic carbocycles. The molecule has 1 amide bonds. The van der Waals surface area contributed by atoms with Crippen LogP contribution >= 0.6 is 0 Å². The number of carbonyl (C=O) groups is 1. The largest absolute Gasteiger partial charge is 0.506 e. The molecule has 5 heteroatoms. The van der Waals surface area contributed by atoms with E-state index in [1.54, 1.807) is 24.3 Å². The Bertz CT molecular complexity index is 804. The molecule has 0 spiro atoms. The van der Waals surface area contributed by atoms with E-state index in [1.807, 2.05) is 32.0 Å². The molecule has 3 N–H and O–H groups in total. The van der Waals surface area contributed by atoms with E-state index in [0.717, 1.165) is 11.1 Å². The predicted molar refractivity (Wildman–Crippen MR) is 90.0 cm³/mol. The number of aryl methyl sites for hydroxylation is 2. The maximum atomic E-state index is 12.2. The van der Waals surface area contributed by atoms with E-state index < -0.39 is 5.91 Å². The van der Waals surface area contributed by atoms with Gasteiger partial charge < -0.3 is 15.7 Å². The average Bonchev–Trinajstić information content (AvgIpc) is 2.52. The monoisotopic (exact) mass is 307 g/mol. The zero-order valence-electron chi connectivity index (χ0n) is 12.9. The van der Waals surface area contributed by atoms with Crippen LogP contribution in [0.25, 0.3) is 0 Å². The van der Waals surface area contributed by atoms with Crippen molar-refractivity contribution in [1.82, 2.24) is 0 Å². The summed E-state index contributed by atoms with van der Waals surface area (Å²) in [6.45, 7) is 3.86. The second-order valence-electron chi connectivity index (χ2n) is 5.10. The molecular weight excluding hydrogens is 290 g/mol. The van der Waals surface area contributed by atoms with Gasteiger partial charge in [0.05, 0.1) is 5.69 Å². The van der Waals surface area contributed by atoms with Crippen LogP contribution in [-0.2, 0) is 4.79 Å². The molecule has 2 aromatic rings. The van der Waals surface area contributed by atoms with Gasteiger partial charge in [0.25, 0.3) is 5.91 Å². The molecule has 0 saturated heterocycles. The SMILES string of the molecule is Cc1ccc(NC(=O)/C(C#N)=C\Nc2ccccc2O)c(C)c1. The van der Waals surface area contributed by atoms with Crippen LogP contribution < -0.4 is 10.6 Å². The van der Waals surface area contributed by atoms with Crippen LogP contribution in [0.3, 0.4) is 0 Å². The van der Waals surface area contributed by atoms with Crippen molar-refractivity contribution in [1.29, 1.82) is 5.26 Å². The molecule has 0 heterocycles. The summed E-state index contributed by atoms with van der Waals surface area (Å²) in [5.74, 6) is -0.474. The minimum Gasteiger partial charge on any atom is -0.506 e. The van der Waals surface area contributed by atoms with Crippen molar-refractivity contribution in [3.05, 3.63) is 65.4 Å². The first-order chi connectivity index (χ1) is 11.0. The number of phenolic OH excluding ortho intramolecular Hbond substituents is 1. The molecule has 0 unspecified atom stereocenters. The van der Waals surface area contributed by atoms with Crippen LogP contribution in [0.1, 0.15) is 11.1 Å². The number of hydrogen-bond donors (Lipinski definition) is 3. The van der Waals surface area contributed by atoms with Gasteiger partial charge in [0.15, 0.2) is 0 Å². The Hall–Kier alpha value is -3.26. The number of amides is 1. The van der Waals surface area contributed by atoms with Crippen LogP contribution in [-0.4, -0.2) is 11.0 Å². The van der Waals surface area contributed by atoms with E-state index in [1.165, 1.54) is 12.3 Å². The Morgan fingerprint density at radius 2 is 1.91 bits per heavy atom. The number of nitrogens with zero attached hydrogens (tertiary/aromatic N) is 1.